The van der Waals surface area contributed by atoms with E-state index in [2.05, 4.69) is 15.1 Å². The quantitative estimate of drug-likeness (QED) is 0.223. The number of benzene rings is 2. The molecule has 3 heterocycles. The van der Waals surface area contributed by atoms with Crippen molar-refractivity contribution in [3.8, 4) is 17.3 Å². The van der Waals surface area contributed by atoms with Gasteiger partial charge in [-0.15, -0.1) is 0 Å². The first-order chi connectivity index (χ1) is 19.5. The van der Waals surface area contributed by atoms with Crippen LogP contribution in [0.25, 0.3) is 17.2 Å². The summed E-state index contributed by atoms with van der Waals surface area (Å²) in [6, 6.07) is 14.7. The van der Waals surface area contributed by atoms with Gasteiger partial charge in [-0.1, -0.05) is 41.6 Å². The standard InChI is InChI=1S/C30H29F2N5O4/c1-18-13-24(40-17-21-22(31)11-8-12-23(21)32)27-33-19(2)26(36(27)15-18)28-34-25(35-41-28)14-30(3,4)37(29(38)39)16-20-9-6-5-7-10-20/h5-13,15H,14,16-17H2,1-4H3,(H,38,39). The van der Waals surface area contributed by atoms with Gasteiger partial charge in [-0.2, -0.15) is 4.98 Å². The smallest absolute Gasteiger partial charge is 0.408 e. The van der Waals surface area contributed by atoms with Gasteiger partial charge in [-0.3, -0.25) is 9.30 Å². The van der Waals surface area contributed by atoms with Crippen molar-refractivity contribution in [2.24, 2.45) is 0 Å². The molecule has 0 fully saturated rings. The summed E-state index contributed by atoms with van der Waals surface area (Å²) >= 11 is 0. The van der Waals surface area contributed by atoms with Gasteiger partial charge in [0, 0.05) is 24.7 Å². The van der Waals surface area contributed by atoms with Crippen LogP contribution >= 0.6 is 0 Å². The lowest BCUT2D eigenvalue weighted by Crippen LogP contribution is -2.48. The third-order valence-corrected chi connectivity index (χ3v) is 6.84. The molecule has 0 atom stereocenters. The Bertz CT molecular complexity index is 1690. The highest BCUT2D eigenvalue weighted by molar-refractivity contribution is 5.67. The van der Waals surface area contributed by atoms with E-state index in [-0.39, 0.29) is 31.0 Å². The van der Waals surface area contributed by atoms with Gasteiger partial charge in [-0.25, -0.2) is 18.6 Å². The van der Waals surface area contributed by atoms with Crippen molar-refractivity contribution >= 4 is 11.7 Å². The maximum Gasteiger partial charge on any atom is 0.408 e. The van der Waals surface area contributed by atoms with E-state index >= 15 is 0 Å². The van der Waals surface area contributed by atoms with Crippen LogP contribution in [0.5, 0.6) is 5.75 Å². The Balaban J connectivity index is 1.42. The van der Waals surface area contributed by atoms with Crippen molar-refractivity contribution in [3.05, 3.63) is 101 Å². The molecule has 0 spiro atoms. The topological polar surface area (TPSA) is 106 Å². The Kier molecular flexibility index (Phi) is 7.44. The second kappa shape index (κ2) is 11.0. The van der Waals surface area contributed by atoms with Gasteiger partial charge < -0.3 is 14.4 Å². The SMILES string of the molecule is Cc1cc(OCc2c(F)cccc2F)c2nc(C)c(-c3nc(CC(C)(C)N(Cc4ccccc4)C(=O)O)no3)n2c1. The molecule has 2 aromatic carbocycles. The molecule has 11 heteroatoms. The van der Waals surface area contributed by atoms with Crippen molar-refractivity contribution in [2.45, 2.75) is 52.8 Å². The van der Waals surface area contributed by atoms with Crippen LogP contribution in [0.1, 0.15) is 42.1 Å². The molecule has 9 nitrogen and oxygen atoms in total. The molecule has 41 heavy (non-hydrogen) atoms. The van der Waals surface area contributed by atoms with Crippen LogP contribution in [0.4, 0.5) is 13.6 Å². The number of aromatic nitrogens is 4. The zero-order valence-corrected chi connectivity index (χ0v) is 23.1. The molecule has 0 unspecified atom stereocenters. The minimum Gasteiger partial charge on any atom is -0.485 e. The summed E-state index contributed by atoms with van der Waals surface area (Å²) in [5.74, 6) is -0.526. The van der Waals surface area contributed by atoms with Crippen LogP contribution in [-0.2, 0) is 19.6 Å². The van der Waals surface area contributed by atoms with E-state index in [0.29, 0.717) is 28.6 Å². The van der Waals surface area contributed by atoms with Crippen LogP contribution < -0.4 is 4.74 Å². The maximum absolute atomic E-state index is 14.2. The molecule has 5 rings (SSSR count). The fraction of sp³-hybridized carbons (Fsp3) is 0.267. The fourth-order valence-electron chi connectivity index (χ4n) is 4.75. The lowest BCUT2D eigenvalue weighted by Gasteiger charge is -2.35. The van der Waals surface area contributed by atoms with Gasteiger partial charge in [0.15, 0.2) is 17.2 Å². The molecule has 0 aliphatic heterocycles. The zero-order chi connectivity index (χ0) is 29.3. The maximum atomic E-state index is 14.2. The Labute approximate surface area is 235 Å². The highest BCUT2D eigenvalue weighted by Gasteiger charge is 2.33. The molecule has 212 valence electrons. The molecule has 0 aliphatic carbocycles. The van der Waals surface area contributed by atoms with Crippen LogP contribution in [0.2, 0.25) is 0 Å². The molecule has 1 N–H and O–H groups in total. The molecule has 0 aliphatic rings. The second-order valence-corrected chi connectivity index (χ2v) is 10.5. The predicted molar refractivity (Wildman–Crippen MR) is 146 cm³/mol. The number of aryl methyl sites for hydroxylation is 2. The number of hydrogen-bond acceptors (Lipinski definition) is 6. The number of hydrogen-bond donors (Lipinski definition) is 1. The first-order valence-corrected chi connectivity index (χ1v) is 13.0. The molecule has 0 saturated carbocycles. The molecule has 3 aromatic heterocycles. The van der Waals surface area contributed by atoms with Crippen molar-refractivity contribution in [2.75, 3.05) is 0 Å². The Morgan fingerprint density at radius 2 is 1.78 bits per heavy atom. The minimum atomic E-state index is -1.06. The lowest BCUT2D eigenvalue weighted by atomic mass is 9.97. The number of carboxylic acid groups (broad SMARTS) is 1. The minimum absolute atomic E-state index is 0.178. The average molecular weight is 562 g/mol. The van der Waals surface area contributed by atoms with Gasteiger partial charge in [-0.05, 0) is 57.0 Å². The monoisotopic (exact) mass is 561 g/mol. The summed E-state index contributed by atoms with van der Waals surface area (Å²) in [5.41, 5.74) is 2.16. The van der Waals surface area contributed by atoms with Crippen molar-refractivity contribution < 1.29 is 27.9 Å². The highest BCUT2D eigenvalue weighted by atomic mass is 19.1. The number of halogens is 2. The van der Waals surface area contributed by atoms with Crippen molar-refractivity contribution in [1.82, 2.24) is 24.4 Å². The lowest BCUT2D eigenvalue weighted by molar-refractivity contribution is 0.0858. The van der Waals surface area contributed by atoms with Gasteiger partial charge >= 0.3 is 6.09 Å². The summed E-state index contributed by atoms with van der Waals surface area (Å²) in [6.45, 7) is 7.14. The molecule has 1 amide bonds. The van der Waals surface area contributed by atoms with Gasteiger partial charge in [0.1, 0.15) is 23.9 Å². The number of pyridine rings is 1. The molecule has 0 bridgehead atoms. The number of ether oxygens (including phenoxy) is 1. The van der Waals surface area contributed by atoms with E-state index in [4.69, 9.17) is 9.26 Å². The molecular formula is C30H29F2N5O4. The first kappa shape index (κ1) is 27.8. The summed E-state index contributed by atoms with van der Waals surface area (Å²) < 4.78 is 41.5. The number of imidazole rings is 1. The molecule has 0 radical (unpaired) electrons. The van der Waals surface area contributed by atoms with E-state index in [1.54, 1.807) is 17.4 Å². The van der Waals surface area contributed by atoms with Gasteiger partial charge in [0.2, 0.25) is 0 Å². The Hall–Kier alpha value is -4.80. The predicted octanol–water partition coefficient (Wildman–Crippen LogP) is 6.36. The fourth-order valence-corrected chi connectivity index (χ4v) is 4.75. The highest BCUT2D eigenvalue weighted by Crippen LogP contribution is 2.31. The van der Waals surface area contributed by atoms with Gasteiger partial charge in [0.05, 0.1) is 11.3 Å². The average Bonchev–Trinajstić information content (AvgIpc) is 3.49. The summed E-state index contributed by atoms with van der Waals surface area (Å²) in [5, 5.41) is 14.1. The number of fused-ring (bicyclic) bond motifs is 1. The summed E-state index contributed by atoms with van der Waals surface area (Å²) in [6.07, 6.45) is 0.965. The molecular weight excluding hydrogens is 532 g/mol. The van der Waals surface area contributed by atoms with Crippen molar-refractivity contribution in [1.29, 1.82) is 0 Å². The number of rotatable bonds is 9. The van der Waals surface area contributed by atoms with Crippen LogP contribution in [0.3, 0.4) is 0 Å². The van der Waals surface area contributed by atoms with Crippen LogP contribution in [-0.4, -0.2) is 41.2 Å². The van der Waals surface area contributed by atoms with Crippen LogP contribution in [0.15, 0.2) is 65.3 Å². The van der Waals surface area contributed by atoms with Gasteiger partial charge in [0.25, 0.3) is 5.89 Å². The largest absolute Gasteiger partial charge is 0.485 e. The van der Waals surface area contributed by atoms with E-state index < -0.39 is 23.3 Å². The normalized spacial score (nSPS) is 11.7. The van der Waals surface area contributed by atoms with E-state index in [1.807, 2.05) is 57.3 Å². The second-order valence-electron chi connectivity index (χ2n) is 10.5. The third-order valence-electron chi connectivity index (χ3n) is 6.84. The first-order valence-electron chi connectivity index (χ1n) is 13.0. The zero-order valence-electron chi connectivity index (χ0n) is 23.1. The third kappa shape index (κ3) is 5.74. The summed E-state index contributed by atoms with van der Waals surface area (Å²) in [4.78, 5) is 22.7. The van der Waals surface area contributed by atoms with E-state index in [9.17, 15) is 18.7 Å². The number of nitrogens with zero attached hydrogens (tertiary/aromatic N) is 5. The van der Waals surface area contributed by atoms with Crippen LogP contribution in [0, 0.1) is 25.5 Å². The molecule has 0 saturated heterocycles. The Morgan fingerprint density at radius 1 is 1.07 bits per heavy atom. The molecule has 5 aromatic rings. The van der Waals surface area contributed by atoms with Crippen molar-refractivity contribution in [3.63, 3.8) is 0 Å². The van der Waals surface area contributed by atoms with E-state index in [0.717, 1.165) is 11.1 Å². The number of amides is 1. The van der Waals surface area contributed by atoms with E-state index in [1.165, 1.54) is 23.1 Å². The number of carbonyl (C=O) groups is 1. The summed E-state index contributed by atoms with van der Waals surface area (Å²) in [7, 11) is 0. The Morgan fingerprint density at radius 3 is 2.46 bits per heavy atom.